The van der Waals surface area contributed by atoms with E-state index in [1.54, 1.807) is 0 Å². The van der Waals surface area contributed by atoms with Crippen molar-refractivity contribution in [2.24, 2.45) is 0 Å². The van der Waals surface area contributed by atoms with Crippen molar-refractivity contribution in [1.29, 1.82) is 0 Å². The van der Waals surface area contributed by atoms with Crippen molar-refractivity contribution < 1.29 is 25.2 Å². The quantitative estimate of drug-likeness (QED) is 0.0309. The average molecular weight is 864 g/mol. The summed E-state index contributed by atoms with van der Waals surface area (Å²) in [6.45, 7) is 4.09. The first-order valence-corrected chi connectivity index (χ1v) is 27.6. The molecule has 0 aromatic rings. The van der Waals surface area contributed by atoms with Gasteiger partial charge in [-0.1, -0.05) is 276 Å². The maximum Gasteiger partial charge on any atom is 0.249 e. The van der Waals surface area contributed by atoms with Crippen LogP contribution in [0.2, 0.25) is 0 Å². The molecule has 0 aromatic carbocycles. The van der Waals surface area contributed by atoms with E-state index in [0.717, 1.165) is 38.5 Å². The van der Waals surface area contributed by atoms with Gasteiger partial charge in [0.25, 0.3) is 0 Å². The van der Waals surface area contributed by atoms with Gasteiger partial charge in [-0.25, -0.2) is 0 Å². The predicted octanol–water partition coefficient (Wildman–Crippen LogP) is 15.7. The number of nitrogens with one attached hydrogen (secondary N) is 1. The second kappa shape index (κ2) is 50.1. The van der Waals surface area contributed by atoms with Crippen molar-refractivity contribution in [2.45, 2.75) is 327 Å². The lowest BCUT2D eigenvalue weighted by Crippen LogP contribution is -2.53. The Hall–Kier alpha value is -0.950. The lowest BCUT2D eigenvalue weighted by Gasteiger charge is -2.27. The molecule has 0 rings (SSSR count). The molecule has 0 saturated heterocycles. The summed E-state index contributed by atoms with van der Waals surface area (Å²) in [5, 5.41) is 43.9. The standard InChI is InChI=1S/C55H109NO5/c1-3-5-7-9-11-13-15-17-19-21-22-23-24-25-26-27-28-29-30-31-33-35-37-39-41-43-45-47-49-53(59)55(61)56-51(50-57)54(60)52(58)48-46-44-42-40-38-36-34-32-20-18-16-14-12-10-8-6-4-2/h25-26,51-54,57-60H,3-24,27-50H2,1-2H3,(H,56,61)/b26-25-. The highest BCUT2D eigenvalue weighted by Gasteiger charge is 2.28. The summed E-state index contributed by atoms with van der Waals surface area (Å²) in [5.74, 6) is -0.579. The van der Waals surface area contributed by atoms with Gasteiger partial charge in [-0.05, 0) is 38.5 Å². The third-order valence-electron chi connectivity index (χ3n) is 13.2. The Morgan fingerprint density at radius 2 is 0.656 bits per heavy atom. The Morgan fingerprint density at radius 3 is 0.951 bits per heavy atom. The predicted molar refractivity (Wildman–Crippen MR) is 265 cm³/mol. The van der Waals surface area contributed by atoms with E-state index < -0.39 is 36.9 Å². The molecule has 1 amide bonds. The highest BCUT2D eigenvalue weighted by Crippen LogP contribution is 2.18. The molecule has 4 unspecified atom stereocenters. The highest BCUT2D eigenvalue weighted by molar-refractivity contribution is 5.80. The lowest BCUT2D eigenvalue weighted by molar-refractivity contribution is -0.132. The maximum atomic E-state index is 12.6. The summed E-state index contributed by atoms with van der Waals surface area (Å²) < 4.78 is 0. The second-order valence-corrected chi connectivity index (χ2v) is 19.3. The number of unbranched alkanes of at least 4 members (excludes halogenated alkanes) is 40. The second-order valence-electron chi connectivity index (χ2n) is 19.3. The van der Waals surface area contributed by atoms with Crippen molar-refractivity contribution in [3.05, 3.63) is 12.2 Å². The molecule has 0 spiro atoms. The van der Waals surface area contributed by atoms with Crippen LogP contribution in [0, 0.1) is 0 Å². The summed E-state index contributed by atoms with van der Waals surface area (Å²) in [5.41, 5.74) is 0. The fourth-order valence-electron chi connectivity index (χ4n) is 8.87. The fraction of sp³-hybridized carbons (Fsp3) is 0.945. The summed E-state index contributed by atoms with van der Waals surface area (Å²) >= 11 is 0. The molecular weight excluding hydrogens is 755 g/mol. The van der Waals surface area contributed by atoms with Crippen LogP contribution >= 0.6 is 0 Å². The summed E-state index contributed by atoms with van der Waals surface area (Å²) in [7, 11) is 0. The SMILES string of the molecule is CCCCCCCCCCCCCC/C=C\CCCCCCCCCCCCCCC(O)C(=O)NC(CO)C(O)C(O)CCCCCCCCCCCCCCCCCCC. The summed E-state index contributed by atoms with van der Waals surface area (Å²) in [6.07, 6.45) is 58.4. The summed E-state index contributed by atoms with van der Waals surface area (Å²) in [4.78, 5) is 12.6. The molecule has 0 aliphatic rings. The van der Waals surface area contributed by atoms with Gasteiger partial charge in [-0.3, -0.25) is 4.79 Å². The van der Waals surface area contributed by atoms with Crippen LogP contribution in [-0.4, -0.2) is 57.3 Å². The van der Waals surface area contributed by atoms with E-state index in [-0.39, 0.29) is 0 Å². The van der Waals surface area contributed by atoms with Gasteiger partial charge in [0.15, 0.2) is 0 Å². The van der Waals surface area contributed by atoms with Crippen LogP contribution in [0.4, 0.5) is 0 Å². The van der Waals surface area contributed by atoms with Crippen LogP contribution < -0.4 is 5.32 Å². The monoisotopic (exact) mass is 864 g/mol. The normalized spacial score (nSPS) is 13.9. The first-order valence-electron chi connectivity index (χ1n) is 27.6. The van der Waals surface area contributed by atoms with Crippen molar-refractivity contribution in [1.82, 2.24) is 5.32 Å². The molecule has 0 aromatic heterocycles. The Bertz CT molecular complexity index is 882. The van der Waals surface area contributed by atoms with E-state index in [2.05, 4.69) is 31.3 Å². The van der Waals surface area contributed by atoms with E-state index in [1.807, 2.05) is 0 Å². The van der Waals surface area contributed by atoms with E-state index >= 15 is 0 Å². The molecule has 0 aliphatic carbocycles. The third kappa shape index (κ3) is 44.1. The molecular formula is C55H109NO5. The first-order chi connectivity index (χ1) is 30.0. The van der Waals surface area contributed by atoms with Crippen LogP contribution in [0.3, 0.4) is 0 Å². The molecule has 0 radical (unpaired) electrons. The molecule has 6 heteroatoms. The van der Waals surface area contributed by atoms with E-state index in [9.17, 15) is 25.2 Å². The molecule has 4 atom stereocenters. The number of aliphatic hydroxyl groups excluding tert-OH is 4. The topological polar surface area (TPSA) is 110 Å². The van der Waals surface area contributed by atoms with Crippen molar-refractivity contribution in [3.8, 4) is 0 Å². The smallest absolute Gasteiger partial charge is 0.249 e. The van der Waals surface area contributed by atoms with Crippen molar-refractivity contribution in [3.63, 3.8) is 0 Å². The lowest BCUT2D eigenvalue weighted by atomic mass is 9.99. The molecule has 0 fully saturated rings. The van der Waals surface area contributed by atoms with Crippen LogP contribution in [0.1, 0.15) is 303 Å². The van der Waals surface area contributed by atoms with Gasteiger partial charge >= 0.3 is 0 Å². The minimum atomic E-state index is -1.26. The zero-order valence-electron chi connectivity index (χ0n) is 41.2. The van der Waals surface area contributed by atoms with Gasteiger partial charge in [0.1, 0.15) is 12.2 Å². The van der Waals surface area contributed by atoms with Gasteiger partial charge in [-0.2, -0.15) is 0 Å². The number of allylic oxidation sites excluding steroid dienone is 2. The average Bonchev–Trinajstić information content (AvgIpc) is 3.26. The van der Waals surface area contributed by atoms with Gasteiger partial charge in [-0.15, -0.1) is 0 Å². The maximum absolute atomic E-state index is 12.6. The molecule has 0 heterocycles. The third-order valence-corrected chi connectivity index (χ3v) is 13.2. The van der Waals surface area contributed by atoms with Gasteiger partial charge in [0.2, 0.25) is 5.91 Å². The van der Waals surface area contributed by atoms with Gasteiger partial charge in [0, 0.05) is 0 Å². The zero-order chi connectivity index (χ0) is 44.5. The van der Waals surface area contributed by atoms with E-state index in [4.69, 9.17) is 0 Å². The minimum Gasteiger partial charge on any atom is -0.394 e. The van der Waals surface area contributed by atoms with E-state index in [1.165, 1.54) is 238 Å². The Labute approximate surface area is 381 Å². The first kappa shape index (κ1) is 60.1. The number of hydrogen-bond acceptors (Lipinski definition) is 5. The number of rotatable bonds is 51. The van der Waals surface area contributed by atoms with Crippen LogP contribution in [0.25, 0.3) is 0 Å². The van der Waals surface area contributed by atoms with Crippen LogP contribution in [0.5, 0.6) is 0 Å². The van der Waals surface area contributed by atoms with Crippen LogP contribution in [0.15, 0.2) is 12.2 Å². The molecule has 61 heavy (non-hydrogen) atoms. The van der Waals surface area contributed by atoms with Crippen molar-refractivity contribution in [2.75, 3.05) is 6.61 Å². The molecule has 6 nitrogen and oxygen atoms in total. The Morgan fingerprint density at radius 1 is 0.393 bits per heavy atom. The molecule has 0 aliphatic heterocycles. The molecule has 0 bridgehead atoms. The minimum absolute atomic E-state index is 0.372. The largest absolute Gasteiger partial charge is 0.394 e. The Kier molecular flexibility index (Phi) is 49.3. The number of carbonyl (C=O) groups is 1. The zero-order valence-corrected chi connectivity index (χ0v) is 41.2. The number of amides is 1. The van der Waals surface area contributed by atoms with Gasteiger partial charge < -0.3 is 25.7 Å². The Balaban J connectivity index is 3.60. The molecule has 364 valence electrons. The van der Waals surface area contributed by atoms with E-state index in [0.29, 0.717) is 12.8 Å². The fourth-order valence-corrected chi connectivity index (χ4v) is 8.87. The number of aliphatic hydroxyl groups is 4. The van der Waals surface area contributed by atoms with Crippen molar-refractivity contribution >= 4 is 5.91 Å². The number of carbonyl (C=O) groups excluding carboxylic acids is 1. The number of hydrogen-bond donors (Lipinski definition) is 5. The molecule has 5 N–H and O–H groups in total. The highest BCUT2D eigenvalue weighted by atomic mass is 16.3. The van der Waals surface area contributed by atoms with Gasteiger partial charge in [0.05, 0.1) is 18.8 Å². The summed E-state index contributed by atoms with van der Waals surface area (Å²) in [6, 6.07) is -0.983. The molecule has 0 saturated carbocycles. The van der Waals surface area contributed by atoms with Crippen LogP contribution in [-0.2, 0) is 4.79 Å².